The van der Waals surface area contributed by atoms with Crippen LogP contribution in [-0.2, 0) is 0 Å². The number of nitrogens with zero attached hydrogens (tertiary/aromatic N) is 1. The SMILES string of the molecule is O=C(Nc1ncccc1O)c1c[nH]c2ccc(Br)cc12. The first-order valence-corrected chi connectivity index (χ1v) is 6.66. The predicted octanol–water partition coefficient (Wildman–Crippen LogP) is 3.28. The molecule has 3 N–H and O–H groups in total. The normalized spacial score (nSPS) is 10.7. The third-order valence-electron chi connectivity index (χ3n) is 2.91. The molecular formula is C14H10BrN3O2. The first-order chi connectivity index (χ1) is 9.65. The number of anilines is 1. The van der Waals surface area contributed by atoms with Gasteiger partial charge in [-0.05, 0) is 30.3 Å². The van der Waals surface area contributed by atoms with Gasteiger partial charge in [0.2, 0.25) is 0 Å². The number of aromatic hydroxyl groups is 1. The summed E-state index contributed by atoms with van der Waals surface area (Å²) in [6, 6.07) is 8.70. The maximum atomic E-state index is 12.3. The molecule has 1 aromatic carbocycles. The maximum Gasteiger partial charge on any atom is 0.259 e. The van der Waals surface area contributed by atoms with Crippen molar-refractivity contribution in [2.45, 2.75) is 0 Å². The first kappa shape index (κ1) is 12.7. The van der Waals surface area contributed by atoms with Gasteiger partial charge in [0.15, 0.2) is 11.6 Å². The molecule has 0 aliphatic heterocycles. The van der Waals surface area contributed by atoms with Gasteiger partial charge in [0.25, 0.3) is 5.91 Å². The van der Waals surface area contributed by atoms with Crippen molar-refractivity contribution in [3.05, 3.63) is 52.8 Å². The van der Waals surface area contributed by atoms with Crippen LogP contribution in [0.1, 0.15) is 10.4 Å². The Hall–Kier alpha value is -2.34. The smallest absolute Gasteiger partial charge is 0.259 e. The van der Waals surface area contributed by atoms with Crippen molar-refractivity contribution in [1.82, 2.24) is 9.97 Å². The van der Waals surface area contributed by atoms with E-state index in [1.54, 1.807) is 12.3 Å². The number of hydrogen-bond acceptors (Lipinski definition) is 3. The molecule has 0 atom stereocenters. The van der Waals surface area contributed by atoms with Crippen LogP contribution in [0.15, 0.2) is 47.2 Å². The van der Waals surface area contributed by atoms with E-state index in [4.69, 9.17) is 0 Å². The van der Waals surface area contributed by atoms with Crippen molar-refractivity contribution in [3.8, 4) is 5.75 Å². The molecule has 0 fully saturated rings. The summed E-state index contributed by atoms with van der Waals surface area (Å²) < 4.78 is 0.888. The Kier molecular flexibility index (Phi) is 3.15. The lowest BCUT2D eigenvalue weighted by Crippen LogP contribution is -2.12. The average molecular weight is 332 g/mol. The van der Waals surface area contributed by atoms with Crippen LogP contribution in [0.25, 0.3) is 10.9 Å². The van der Waals surface area contributed by atoms with Gasteiger partial charge in [0, 0.05) is 27.8 Å². The van der Waals surface area contributed by atoms with E-state index in [2.05, 4.69) is 31.2 Å². The second-order valence-electron chi connectivity index (χ2n) is 4.22. The molecule has 3 aromatic rings. The van der Waals surface area contributed by atoms with Crippen molar-refractivity contribution < 1.29 is 9.90 Å². The number of benzene rings is 1. The second kappa shape index (κ2) is 4.97. The average Bonchev–Trinajstić information content (AvgIpc) is 2.84. The molecule has 0 bridgehead atoms. The highest BCUT2D eigenvalue weighted by Gasteiger charge is 2.14. The fourth-order valence-electron chi connectivity index (χ4n) is 1.95. The molecule has 0 radical (unpaired) electrons. The molecule has 0 spiro atoms. The number of aromatic amines is 1. The number of hydrogen-bond donors (Lipinski definition) is 3. The van der Waals surface area contributed by atoms with Gasteiger partial charge in [-0.1, -0.05) is 15.9 Å². The van der Waals surface area contributed by atoms with Gasteiger partial charge >= 0.3 is 0 Å². The lowest BCUT2D eigenvalue weighted by molar-refractivity contribution is 0.102. The summed E-state index contributed by atoms with van der Waals surface area (Å²) in [5, 5.41) is 13.0. The van der Waals surface area contributed by atoms with Crippen molar-refractivity contribution in [2.24, 2.45) is 0 Å². The zero-order valence-electron chi connectivity index (χ0n) is 10.2. The van der Waals surface area contributed by atoms with Crippen LogP contribution < -0.4 is 5.32 Å². The Balaban J connectivity index is 1.97. The van der Waals surface area contributed by atoms with Crippen molar-refractivity contribution in [3.63, 3.8) is 0 Å². The van der Waals surface area contributed by atoms with Gasteiger partial charge < -0.3 is 15.4 Å². The minimum atomic E-state index is -0.330. The Bertz CT molecular complexity index is 798. The molecule has 0 saturated heterocycles. The molecular weight excluding hydrogens is 322 g/mol. The third kappa shape index (κ3) is 2.25. The number of amides is 1. The summed E-state index contributed by atoms with van der Waals surface area (Å²) in [4.78, 5) is 19.2. The van der Waals surface area contributed by atoms with Gasteiger partial charge in [0.1, 0.15) is 0 Å². The molecule has 100 valence electrons. The lowest BCUT2D eigenvalue weighted by atomic mass is 10.1. The highest BCUT2D eigenvalue weighted by atomic mass is 79.9. The molecule has 5 nitrogen and oxygen atoms in total. The van der Waals surface area contributed by atoms with E-state index in [1.807, 2.05) is 18.2 Å². The van der Waals surface area contributed by atoms with Crippen molar-refractivity contribution in [1.29, 1.82) is 0 Å². The number of pyridine rings is 1. The molecule has 2 aromatic heterocycles. The van der Waals surface area contributed by atoms with Crippen LogP contribution in [0, 0.1) is 0 Å². The fraction of sp³-hybridized carbons (Fsp3) is 0. The summed E-state index contributed by atoms with van der Waals surface area (Å²) in [6.45, 7) is 0. The molecule has 2 heterocycles. The van der Waals surface area contributed by atoms with E-state index >= 15 is 0 Å². The van der Waals surface area contributed by atoms with E-state index < -0.39 is 0 Å². The second-order valence-corrected chi connectivity index (χ2v) is 5.13. The maximum absolute atomic E-state index is 12.3. The zero-order chi connectivity index (χ0) is 14.1. The number of carbonyl (C=O) groups excluding carboxylic acids is 1. The van der Waals surface area contributed by atoms with Gasteiger partial charge in [-0.3, -0.25) is 4.79 Å². The van der Waals surface area contributed by atoms with Gasteiger partial charge in [-0.2, -0.15) is 0 Å². The number of fused-ring (bicyclic) bond motifs is 1. The fourth-order valence-corrected chi connectivity index (χ4v) is 2.31. The van der Waals surface area contributed by atoms with Crippen LogP contribution in [0.5, 0.6) is 5.75 Å². The lowest BCUT2D eigenvalue weighted by Gasteiger charge is -2.05. The topological polar surface area (TPSA) is 78.0 Å². The van der Waals surface area contributed by atoms with Crippen molar-refractivity contribution >= 4 is 38.6 Å². The summed E-state index contributed by atoms with van der Waals surface area (Å²) >= 11 is 3.38. The van der Waals surface area contributed by atoms with E-state index in [1.165, 1.54) is 12.3 Å². The van der Waals surface area contributed by atoms with Crippen LogP contribution in [0.2, 0.25) is 0 Å². The molecule has 0 aliphatic rings. The number of H-pyrrole nitrogens is 1. The number of rotatable bonds is 2. The number of halogens is 1. The first-order valence-electron chi connectivity index (χ1n) is 5.87. The minimum Gasteiger partial charge on any atom is -0.504 e. The van der Waals surface area contributed by atoms with E-state index in [0.717, 1.165) is 15.4 Å². The molecule has 3 rings (SSSR count). The predicted molar refractivity (Wildman–Crippen MR) is 79.9 cm³/mol. The zero-order valence-corrected chi connectivity index (χ0v) is 11.8. The summed E-state index contributed by atoms with van der Waals surface area (Å²) in [7, 11) is 0. The Morgan fingerprint density at radius 3 is 3.00 bits per heavy atom. The standard InChI is InChI=1S/C14H10BrN3O2/c15-8-3-4-11-9(6-8)10(7-17-11)14(20)18-13-12(19)2-1-5-16-13/h1-7,17,19H,(H,16,18,20). The largest absolute Gasteiger partial charge is 0.504 e. The van der Waals surface area contributed by atoms with E-state index in [9.17, 15) is 9.90 Å². The molecule has 0 unspecified atom stereocenters. The summed E-state index contributed by atoms with van der Waals surface area (Å²) in [5.41, 5.74) is 1.36. The summed E-state index contributed by atoms with van der Waals surface area (Å²) in [5.74, 6) is -0.257. The minimum absolute atomic E-state index is 0.0677. The van der Waals surface area contributed by atoms with Gasteiger partial charge in [0.05, 0.1) is 5.56 Å². The monoisotopic (exact) mass is 331 g/mol. The van der Waals surface area contributed by atoms with Gasteiger partial charge in [-0.15, -0.1) is 0 Å². The van der Waals surface area contributed by atoms with Crippen LogP contribution in [0.3, 0.4) is 0 Å². The number of nitrogens with one attached hydrogen (secondary N) is 2. The van der Waals surface area contributed by atoms with E-state index in [-0.39, 0.29) is 17.5 Å². The third-order valence-corrected chi connectivity index (χ3v) is 3.40. The Labute approximate surface area is 122 Å². The Morgan fingerprint density at radius 1 is 1.35 bits per heavy atom. The van der Waals surface area contributed by atoms with Crippen LogP contribution in [0.4, 0.5) is 5.82 Å². The van der Waals surface area contributed by atoms with E-state index in [0.29, 0.717) is 5.56 Å². The highest BCUT2D eigenvalue weighted by Crippen LogP contribution is 2.24. The number of carbonyl (C=O) groups is 1. The molecule has 20 heavy (non-hydrogen) atoms. The molecule has 1 amide bonds. The molecule has 0 saturated carbocycles. The molecule has 0 aliphatic carbocycles. The molecule has 6 heteroatoms. The number of aromatic nitrogens is 2. The quantitative estimate of drug-likeness (QED) is 0.674. The van der Waals surface area contributed by atoms with Crippen LogP contribution in [-0.4, -0.2) is 21.0 Å². The van der Waals surface area contributed by atoms with Gasteiger partial charge in [-0.25, -0.2) is 4.98 Å². The Morgan fingerprint density at radius 2 is 2.20 bits per heavy atom. The van der Waals surface area contributed by atoms with Crippen LogP contribution >= 0.6 is 15.9 Å². The summed E-state index contributed by atoms with van der Waals surface area (Å²) in [6.07, 6.45) is 3.13. The van der Waals surface area contributed by atoms with Crippen molar-refractivity contribution in [2.75, 3.05) is 5.32 Å². The highest BCUT2D eigenvalue weighted by molar-refractivity contribution is 9.10.